The van der Waals surface area contributed by atoms with Crippen LogP contribution < -0.4 is 5.48 Å². The average molecular weight is 395 g/mol. The molecule has 0 unspecified atom stereocenters. The van der Waals surface area contributed by atoms with E-state index in [9.17, 15) is 4.79 Å². The lowest BCUT2D eigenvalue weighted by molar-refractivity contribution is 0.0706. The zero-order valence-electron chi connectivity index (χ0n) is 12.9. The fraction of sp³-hybridized carbons (Fsp3) is 0.0625. The monoisotopic (exact) mass is 394 g/mol. The maximum atomic E-state index is 11.3. The number of amides is 1. The zero-order valence-corrected chi connectivity index (χ0v) is 15.2. The van der Waals surface area contributed by atoms with Gasteiger partial charge in [-0.25, -0.2) is 15.1 Å². The predicted molar refractivity (Wildman–Crippen MR) is 95.9 cm³/mol. The van der Waals surface area contributed by atoms with Gasteiger partial charge in [-0.2, -0.15) is 0 Å². The smallest absolute Gasteiger partial charge is 0.274 e. The van der Waals surface area contributed by atoms with Crippen molar-refractivity contribution in [2.75, 3.05) is 0 Å². The summed E-state index contributed by atoms with van der Waals surface area (Å²) >= 11 is 13.5. The number of nitrogens with zero attached hydrogens (tertiary/aromatic N) is 3. The molecule has 0 saturated heterocycles. The molecule has 0 saturated carbocycles. The summed E-state index contributed by atoms with van der Waals surface area (Å²) in [5, 5.41) is 14.7. The van der Waals surface area contributed by atoms with E-state index in [0.29, 0.717) is 32.3 Å². The Kier molecular flexibility index (Phi) is 5.29. The highest BCUT2D eigenvalue weighted by Gasteiger charge is 2.13. The van der Waals surface area contributed by atoms with E-state index in [1.165, 1.54) is 11.8 Å². The van der Waals surface area contributed by atoms with Gasteiger partial charge in [0.2, 0.25) is 5.16 Å². The van der Waals surface area contributed by atoms with Gasteiger partial charge < -0.3 is 0 Å². The third kappa shape index (κ3) is 3.96. The molecule has 0 radical (unpaired) electrons. The fourth-order valence-electron chi connectivity index (χ4n) is 2.13. The van der Waals surface area contributed by atoms with Gasteiger partial charge in [-0.15, -0.1) is 5.10 Å². The Labute approximate surface area is 157 Å². The molecule has 3 rings (SSSR count). The molecule has 0 aliphatic carbocycles. The Hall–Kier alpha value is -2.06. The van der Waals surface area contributed by atoms with Crippen molar-refractivity contribution < 1.29 is 10.0 Å². The lowest BCUT2D eigenvalue weighted by Crippen LogP contribution is -2.18. The van der Waals surface area contributed by atoms with Crippen LogP contribution >= 0.6 is 35.0 Å². The first-order valence-corrected chi connectivity index (χ1v) is 8.66. The first-order chi connectivity index (χ1) is 12.0. The number of aromatic nitrogens is 3. The Morgan fingerprint density at radius 1 is 1.20 bits per heavy atom. The number of halogens is 2. The Morgan fingerprint density at radius 3 is 2.56 bits per heavy atom. The van der Waals surface area contributed by atoms with Gasteiger partial charge in [0.1, 0.15) is 5.82 Å². The van der Waals surface area contributed by atoms with Crippen molar-refractivity contribution >= 4 is 40.9 Å². The largest absolute Gasteiger partial charge is 0.288 e. The van der Waals surface area contributed by atoms with Crippen LogP contribution in [0.15, 0.2) is 52.5 Å². The summed E-state index contributed by atoms with van der Waals surface area (Å²) in [6, 6.07) is 11.9. The van der Waals surface area contributed by atoms with Gasteiger partial charge in [-0.3, -0.25) is 10.0 Å². The van der Waals surface area contributed by atoms with Crippen LogP contribution in [0.2, 0.25) is 10.0 Å². The molecule has 0 spiro atoms. The molecule has 1 amide bonds. The number of aryl methyl sites for hydroxylation is 1. The standard InChI is InChI=1S/C16H12Cl2N4O2S/c1-9-19-16(20-22(9)14-7-4-11(17)8-13(14)18)25-12-5-2-10(3-6-12)15(23)21-24/h2-8,24H,1H3,(H,21,23). The molecule has 128 valence electrons. The van der Waals surface area contributed by atoms with Crippen LogP contribution in [0.3, 0.4) is 0 Å². The van der Waals surface area contributed by atoms with E-state index in [-0.39, 0.29) is 0 Å². The van der Waals surface area contributed by atoms with E-state index in [1.807, 2.05) is 6.92 Å². The third-order valence-electron chi connectivity index (χ3n) is 3.31. The van der Waals surface area contributed by atoms with Gasteiger partial charge in [0, 0.05) is 15.5 Å². The van der Waals surface area contributed by atoms with Crippen molar-refractivity contribution in [3.63, 3.8) is 0 Å². The molecular weight excluding hydrogens is 383 g/mol. The zero-order chi connectivity index (χ0) is 18.0. The molecule has 2 aromatic carbocycles. The minimum absolute atomic E-state index is 0.356. The first-order valence-electron chi connectivity index (χ1n) is 7.09. The van der Waals surface area contributed by atoms with Crippen molar-refractivity contribution in [1.29, 1.82) is 0 Å². The maximum Gasteiger partial charge on any atom is 0.274 e. The minimum Gasteiger partial charge on any atom is -0.288 e. The van der Waals surface area contributed by atoms with Gasteiger partial charge >= 0.3 is 0 Å². The third-order valence-corrected chi connectivity index (χ3v) is 4.72. The van der Waals surface area contributed by atoms with Gasteiger partial charge in [0.25, 0.3) is 5.91 Å². The molecule has 0 aliphatic heterocycles. The predicted octanol–water partition coefficient (Wildman–Crippen LogP) is 4.15. The van der Waals surface area contributed by atoms with E-state index < -0.39 is 5.91 Å². The highest BCUT2D eigenvalue weighted by Crippen LogP contribution is 2.28. The minimum atomic E-state index is -0.563. The molecule has 0 atom stereocenters. The number of hydroxylamine groups is 1. The summed E-state index contributed by atoms with van der Waals surface area (Å²) in [4.78, 5) is 16.6. The summed E-state index contributed by atoms with van der Waals surface area (Å²) in [5.74, 6) is 0.121. The number of hydrogen-bond acceptors (Lipinski definition) is 5. The number of rotatable bonds is 4. The molecule has 9 heteroatoms. The average Bonchev–Trinajstić information content (AvgIpc) is 2.95. The molecular formula is C16H12Cl2N4O2S. The quantitative estimate of drug-likeness (QED) is 0.513. The molecule has 0 fully saturated rings. The number of hydrogen-bond donors (Lipinski definition) is 2. The second-order valence-corrected chi connectivity index (χ2v) is 6.90. The Bertz CT molecular complexity index is 928. The van der Waals surface area contributed by atoms with E-state index in [2.05, 4.69) is 10.1 Å². The SMILES string of the molecule is Cc1nc(Sc2ccc(C(=O)NO)cc2)nn1-c1ccc(Cl)cc1Cl. The molecule has 1 aromatic heterocycles. The summed E-state index contributed by atoms with van der Waals surface area (Å²) in [6.45, 7) is 1.83. The first kappa shape index (κ1) is 17.8. The molecule has 1 heterocycles. The van der Waals surface area contributed by atoms with Crippen LogP contribution in [0, 0.1) is 6.92 Å². The maximum absolute atomic E-state index is 11.3. The van der Waals surface area contributed by atoms with Crippen LogP contribution in [0.4, 0.5) is 0 Å². The van der Waals surface area contributed by atoms with Crippen LogP contribution in [-0.4, -0.2) is 25.9 Å². The Balaban J connectivity index is 1.84. The van der Waals surface area contributed by atoms with Gasteiger partial charge in [0.05, 0.1) is 10.7 Å². The van der Waals surface area contributed by atoms with Gasteiger partial charge in [-0.05, 0) is 61.2 Å². The normalized spacial score (nSPS) is 10.7. The molecule has 6 nitrogen and oxygen atoms in total. The van der Waals surface area contributed by atoms with Gasteiger partial charge in [0.15, 0.2) is 0 Å². The topological polar surface area (TPSA) is 80.0 Å². The second kappa shape index (κ2) is 7.45. The second-order valence-electron chi connectivity index (χ2n) is 5.02. The van der Waals surface area contributed by atoms with E-state index in [4.69, 9.17) is 28.4 Å². The van der Waals surface area contributed by atoms with E-state index in [1.54, 1.807) is 52.6 Å². The van der Waals surface area contributed by atoms with Crippen LogP contribution in [0.5, 0.6) is 0 Å². The number of benzene rings is 2. The summed E-state index contributed by atoms with van der Waals surface area (Å²) in [6.07, 6.45) is 0. The lowest BCUT2D eigenvalue weighted by atomic mass is 10.2. The van der Waals surface area contributed by atoms with E-state index in [0.717, 1.165) is 4.90 Å². The number of nitrogens with one attached hydrogen (secondary N) is 1. The van der Waals surface area contributed by atoms with Crippen LogP contribution in [0.1, 0.15) is 16.2 Å². The number of carbonyl (C=O) groups is 1. The molecule has 0 bridgehead atoms. The fourth-order valence-corrected chi connectivity index (χ4v) is 3.41. The highest BCUT2D eigenvalue weighted by atomic mass is 35.5. The van der Waals surface area contributed by atoms with Crippen molar-refractivity contribution in [3.8, 4) is 5.69 Å². The van der Waals surface area contributed by atoms with Crippen LogP contribution in [-0.2, 0) is 0 Å². The highest BCUT2D eigenvalue weighted by molar-refractivity contribution is 7.99. The van der Waals surface area contributed by atoms with E-state index >= 15 is 0 Å². The molecule has 3 aromatic rings. The number of carbonyl (C=O) groups excluding carboxylic acids is 1. The molecule has 0 aliphatic rings. The summed E-state index contributed by atoms with van der Waals surface area (Å²) in [7, 11) is 0. The van der Waals surface area contributed by atoms with Gasteiger partial charge in [-0.1, -0.05) is 23.2 Å². The van der Waals surface area contributed by atoms with Crippen molar-refractivity contribution in [3.05, 3.63) is 63.9 Å². The van der Waals surface area contributed by atoms with Crippen molar-refractivity contribution in [2.45, 2.75) is 17.0 Å². The lowest BCUT2D eigenvalue weighted by Gasteiger charge is -2.05. The summed E-state index contributed by atoms with van der Waals surface area (Å²) in [5.41, 5.74) is 2.64. The van der Waals surface area contributed by atoms with Crippen LogP contribution in [0.25, 0.3) is 5.69 Å². The molecule has 25 heavy (non-hydrogen) atoms. The van der Waals surface area contributed by atoms with Crippen molar-refractivity contribution in [1.82, 2.24) is 20.2 Å². The van der Waals surface area contributed by atoms with Crippen molar-refractivity contribution in [2.24, 2.45) is 0 Å². The Morgan fingerprint density at radius 2 is 1.92 bits per heavy atom. The summed E-state index contributed by atoms with van der Waals surface area (Å²) < 4.78 is 1.65. The molecule has 2 N–H and O–H groups in total.